The molecule has 6 nitrogen and oxygen atoms in total. The largest absolute Gasteiger partial charge is 0.494 e. The van der Waals surface area contributed by atoms with Crippen LogP contribution in [0.15, 0.2) is 34.3 Å². The van der Waals surface area contributed by atoms with Crippen molar-refractivity contribution in [1.29, 1.82) is 0 Å². The standard InChI is InChI=1S/C10H15N5O/c1-2-16-8-5-3-7(4-6-8)14-10(13)15-9(11)12/h3-6H,2H2,1H3,(H6,11,12,13,14,15). The van der Waals surface area contributed by atoms with Crippen LogP contribution in [0.1, 0.15) is 6.92 Å². The fraction of sp³-hybridized carbons (Fsp3) is 0.200. The summed E-state index contributed by atoms with van der Waals surface area (Å²) in [6, 6.07) is 7.12. The topological polar surface area (TPSA) is 112 Å². The zero-order valence-electron chi connectivity index (χ0n) is 9.05. The molecule has 0 saturated heterocycles. The highest BCUT2D eigenvalue weighted by Crippen LogP contribution is 2.17. The lowest BCUT2D eigenvalue weighted by Gasteiger charge is -2.02. The average molecular weight is 221 g/mol. The Morgan fingerprint density at radius 2 is 1.81 bits per heavy atom. The summed E-state index contributed by atoms with van der Waals surface area (Å²) >= 11 is 0. The van der Waals surface area contributed by atoms with Crippen molar-refractivity contribution in [3.05, 3.63) is 24.3 Å². The number of aliphatic imine (C=N–C) groups is 2. The molecule has 0 radical (unpaired) electrons. The summed E-state index contributed by atoms with van der Waals surface area (Å²) in [5.74, 6) is 0.679. The Kier molecular flexibility index (Phi) is 4.14. The van der Waals surface area contributed by atoms with Crippen molar-refractivity contribution in [2.45, 2.75) is 6.92 Å². The minimum absolute atomic E-state index is 0.0177. The number of ether oxygens (including phenoxy) is 1. The number of guanidine groups is 2. The van der Waals surface area contributed by atoms with Crippen LogP contribution in [0.25, 0.3) is 0 Å². The Morgan fingerprint density at radius 3 is 2.31 bits per heavy atom. The second-order valence-electron chi connectivity index (χ2n) is 2.93. The molecule has 0 bridgehead atoms. The van der Waals surface area contributed by atoms with Gasteiger partial charge in [-0.3, -0.25) is 0 Å². The summed E-state index contributed by atoms with van der Waals surface area (Å²) < 4.78 is 5.28. The zero-order chi connectivity index (χ0) is 12.0. The van der Waals surface area contributed by atoms with Crippen LogP contribution in [0.5, 0.6) is 5.75 Å². The van der Waals surface area contributed by atoms with Crippen LogP contribution in [0.2, 0.25) is 0 Å². The third-order valence-corrected chi connectivity index (χ3v) is 1.64. The van der Waals surface area contributed by atoms with Crippen molar-refractivity contribution in [1.82, 2.24) is 0 Å². The molecule has 0 saturated carbocycles. The van der Waals surface area contributed by atoms with Gasteiger partial charge in [-0.25, -0.2) is 4.99 Å². The maximum absolute atomic E-state index is 5.47. The molecule has 0 aromatic heterocycles. The number of hydrogen-bond acceptors (Lipinski definition) is 2. The number of hydrogen-bond donors (Lipinski definition) is 3. The molecule has 6 N–H and O–H groups in total. The monoisotopic (exact) mass is 221 g/mol. The summed E-state index contributed by atoms with van der Waals surface area (Å²) in [6.45, 7) is 2.54. The van der Waals surface area contributed by atoms with Gasteiger partial charge in [0.15, 0.2) is 5.96 Å². The minimum Gasteiger partial charge on any atom is -0.494 e. The van der Waals surface area contributed by atoms with E-state index in [2.05, 4.69) is 9.98 Å². The van der Waals surface area contributed by atoms with E-state index < -0.39 is 0 Å². The molecule has 86 valence electrons. The van der Waals surface area contributed by atoms with Crippen molar-refractivity contribution < 1.29 is 4.74 Å². The lowest BCUT2D eigenvalue weighted by Crippen LogP contribution is -2.26. The smallest absolute Gasteiger partial charge is 0.223 e. The predicted molar refractivity (Wildman–Crippen MR) is 64.7 cm³/mol. The van der Waals surface area contributed by atoms with Crippen molar-refractivity contribution in [3.8, 4) is 5.75 Å². The number of nitrogens with zero attached hydrogens (tertiary/aromatic N) is 2. The van der Waals surface area contributed by atoms with Crippen molar-refractivity contribution in [2.75, 3.05) is 6.61 Å². The van der Waals surface area contributed by atoms with Crippen LogP contribution in [0.3, 0.4) is 0 Å². The highest BCUT2D eigenvalue weighted by molar-refractivity contribution is 5.93. The molecule has 0 spiro atoms. The lowest BCUT2D eigenvalue weighted by atomic mass is 10.3. The van der Waals surface area contributed by atoms with Gasteiger partial charge in [0.2, 0.25) is 5.96 Å². The molecule has 16 heavy (non-hydrogen) atoms. The second kappa shape index (κ2) is 5.59. The molecule has 1 rings (SSSR count). The van der Waals surface area contributed by atoms with E-state index in [0.717, 1.165) is 5.75 Å². The van der Waals surface area contributed by atoms with Crippen LogP contribution < -0.4 is 21.9 Å². The first kappa shape index (κ1) is 11.8. The molecule has 0 aliphatic rings. The molecule has 0 aliphatic carbocycles. The molecule has 0 heterocycles. The quantitative estimate of drug-likeness (QED) is 0.503. The third-order valence-electron chi connectivity index (χ3n) is 1.64. The maximum Gasteiger partial charge on any atom is 0.223 e. The van der Waals surface area contributed by atoms with Crippen LogP contribution in [0, 0.1) is 0 Å². The van der Waals surface area contributed by atoms with Gasteiger partial charge < -0.3 is 21.9 Å². The first-order valence-electron chi connectivity index (χ1n) is 4.78. The van der Waals surface area contributed by atoms with Crippen molar-refractivity contribution in [2.24, 2.45) is 27.2 Å². The van der Waals surface area contributed by atoms with E-state index in [1.807, 2.05) is 6.92 Å². The highest BCUT2D eigenvalue weighted by atomic mass is 16.5. The van der Waals surface area contributed by atoms with E-state index in [-0.39, 0.29) is 11.9 Å². The van der Waals surface area contributed by atoms with E-state index in [0.29, 0.717) is 12.3 Å². The molecular formula is C10H15N5O. The fourth-order valence-electron chi connectivity index (χ4n) is 1.07. The molecule has 0 atom stereocenters. The van der Waals surface area contributed by atoms with Crippen LogP contribution in [-0.2, 0) is 0 Å². The van der Waals surface area contributed by atoms with Gasteiger partial charge in [0.05, 0.1) is 12.3 Å². The Bertz CT molecular complexity index is 392. The van der Waals surface area contributed by atoms with E-state index >= 15 is 0 Å². The SMILES string of the molecule is CCOc1ccc(N=C(N)N=C(N)N)cc1. The highest BCUT2D eigenvalue weighted by Gasteiger charge is 1.94. The Balaban J connectivity index is 2.78. The van der Waals surface area contributed by atoms with Gasteiger partial charge >= 0.3 is 0 Å². The van der Waals surface area contributed by atoms with Gasteiger partial charge in [-0.2, -0.15) is 4.99 Å². The van der Waals surface area contributed by atoms with Crippen molar-refractivity contribution >= 4 is 17.6 Å². The summed E-state index contributed by atoms with van der Waals surface area (Å²) in [6.07, 6.45) is 0. The van der Waals surface area contributed by atoms with Gasteiger partial charge in [-0.15, -0.1) is 0 Å². The van der Waals surface area contributed by atoms with Gasteiger partial charge in [-0.1, -0.05) is 0 Å². The molecular weight excluding hydrogens is 206 g/mol. The molecule has 1 aromatic carbocycles. The van der Waals surface area contributed by atoms with Gasteiger partial charge in [0, 0.05) is 0 Å². The van der Waals surface area contributed by atoms with E-state index in [4.69, 9.17) is 21.9 Å². The average Bonchev–Trinajstić information content (AvgIpc) is 2.20. The Morgan fingerprint density at radius 1 is 1.19 bits per heavy atom. The second-order valence-corrected chi connectivity index (χ2v) is 2.93. The summed E-state index contributed by atoms with van der Waals surface area (Å²) in [5.41, 5.74) is 16.4. The Labute approximate surface area is 93.8 Å². The molecule has 0 amide bonds. The zero-order valence-corrected chi connectivity index (χ0v) is 9.05. The fourth-order valence-corrected chi connectivity index (χ4v) is 1.07. The summed E-state index contributed by atoms with van der Waals surface area (Å²) in [5, 5.41) is 0. The van der Waals surface area contributed by atoms with E-state index in [1.54, 1.807) is 24.3 Å². The predicted octanol–water partition coefficient (Wildman–Crippen LogP) is 0.305. The van der Waals surface area contributed by atoms with E-state index in [9.17, 15) is 0 Å². The number of nitrogens with two attached hydrogens (primary N) is 3. The molecule has 0 unspecified atom stereocenters. The summed E-state index contributed by atoms with van der Waals surface area (Å²) in [7, 11) is 0. The number of benzene rings is 1. The normalized spacial score (nSPS) is 10.9. The molecule has 6 heteroatoms. The van der Waals surface area contributed by atoms with Gasteiger partial charge in [-0.05, 0) is 31.2 Å². The molecule has 0 aliphatic heterocycles. The van der Waals surface area contributed by atoms with Gasteiger partial charge in [0.1, 0.15) is 5.75 Å². The van der Waals surface area contributed by atoms with Crippen LogP contribution in [-0.4, -0.2) is 18.5 Å². The lowest BCUT2D eigenvalue weighted by molar-refractivity contribution is 0.340. The van der Waals surface area contributed by atoms with Gasteiger partial charge in [0.25, 0.3) is 0 Å². The first-order valence-corrected chi connectivity index (χ1v) is 4.78. The Hall–Kier alpha value is -2.24. The van der Waals surface area contributed by atoms with E-state index in [1.165, 1.54) is 0 Å². The maximum atomic E-state index is 5.47. The van der Waals surface area contributed by atoms with Crippen LogP contribution in [0.4, 0.5) is 5.69 Å². The third kappa shape index (κ3) is 3.87. The molecule has 1 aromatic rings. The molecule has 0 fully saturated rings. The number of rotatable bonds is 3. The first-order chi connectivity index (χ1) is 7.61. The van der Waals surface area contributed by atoms with Crippen molar-refractivity contribution in [3.63, 3.8) is 0 Å². The van der Waals surface area contributed by atoms with Crippen LogP contribution >= 0.6 is 0 Å². The summed E-state index contributed by atoms with van der Waals surface area (Å²) in [4.78, 5) is 7.59. The minimum atomic E-state index is -0.118.